The fourth-order valence-corrected chi connectivity index (χ4v) is 2.97. The van der Waals surface area contributed by atoms with Gasteiger partial charge in [-0.05, 0) is 17.7 Å². The lowest BCUT2D eigenvalue weighted by atomic mass is 10.1. The van der Waals surface area contributed by atoms with Crippen LogP contribution in [0.1, 0.15) is 12.8 Å². The second kappa shape index (κ2) is 4.80. The summed E-state index contributed by atoms with van der Waals surface area (Å²) in [4.78, 5) is 13.3. The van der Waals surface area contributed by atoms with Gasteiger partial charge >= 0.3 is 0 Å². The lowest BCUT2D eigenvalue weighted by Crippen LogP contribution is -2.40. The van der Waals surface area contributed by atoms with Crippen LogP contribution >= 0.6 is 15.9 Å². The lowest BCUT2D eigenvalue weighted by molar-refractivity contribution is -0.116. The van der Waals surface area contributed by atoms with E-state index in [0.717, 1.165) is 0 Å². The second-order valence-corrected chi connectivity index (χ2v) is 5.82. The third-order valence-electron chi connectivity index (χ3n) is 2.05. The molecule has 0 aromatic rings. The molecule has 0 spiro atoms. The lowest BCUT2D eigenvalue weighted by Gasteiger charge is -2.21. The molecule has 0 saturated carbocycles. The highest BCUT2D eigenvalue weighted by Crippen LogP contribution is 2.11. The standard InChI is InChI=1S/C8H10BrNO3S/c9-4-1-8(11)10-7-2-5-14(12,13)6-3-7/h7H,2-3,5-6H2,(H,10,11). The Morgan fingerprint density at radius 2 is 1.93 bits per heavy atom. The molecule has 1 heterocycles. The Balaban J connectivity index is 2.42. The summed E-state index contributed by atoms with van der Waals surface area (Å²) in [6.45, 7) is 0. The van der Waals surface area contributed by atoms with Gasteiger partial charge in [-0.2, -0.15) is 0 Å². The van der Waals surface area contributed by atoms with Crippen molar-refractivity contribution in [2.75, 3.05) is 11.5 Å². The molecule has 0 aliphatic carbocycles. The summed E-state index contributed by atoms with van der Waals surface area (Å²) in [5.74, 6) is 2.22. The zero-order chi connectivity index (χ0) is 10.6. The quantitative estimate of drug-likeness (QED) is 0.690. The van der Waals surface area contributed by atoms with Gasteiger partial charge in [0.2, 0.25) is 0 Å². The topological polar surface area (TPSA) is 63.2 Å². The normalized spacial score (nSPS) is 20.6. The van der Waals surface area contributed by atoms with E-state index in [0.29, 0.717) is 12.8 Å². The Labute approximate surface area is 91.5 Å². The van der Waals surface area contributed by atoms with E-state index in [-0.39, 0.29) is 23.5 Å². The highest BCUT2D eigenvalue weighted by Gasteiger charge is 2.24. The number of hydrogen-bond donors (Lipinski definition) is 1. The van der Waals surface area contributed by atoms with Crippen LogP contribution in [-0.4, -0.2) is 31.9 Å². The van der Waals surface area contributed by atoms with E-state index in [9.17, 15) is 13.2 Å². The van der Waals surface area contributed by atoms with Gasteiger partial charge in [0, 0.05) is 27.9 Å². The van der Waals surface area contributed by atoms with Crippen LogP contribution in [0.4, 0.5) is 0 Å². The van der Waals surface area contributed by atoms with Gasteiger partial charge in [0.1, 0.15) is 9.84 Å². The highest BCUT2D eigenvalue weighted by atomic mass is 79.9. The Bertz CT molecular complexity index is 365. The van der Waals surface area contributed by atoms with E-state index < -0.39 is 9.84 Å². The minimum absolute atomic E-state index is 0.0561. The molecule has 1 rings (SSSR count). The summed E-state index contributed by atoms with van der Waals surface area (Å²) in [5, 5.41) is 2.65. The number of carbonyl (C=O) groups excluding carboxylic acids is 1. The average Bonchev–Trinajstić information content (AvgIpc) is 2.09. The van der Waals surface area contributed by atoms with Gasteiger partial charge in [-0.1, -0.05) is 0 Å². The first-order chi connectivity index (χ1) is 6.53. The van der Waals surface area contributed by atoms with Crippen molar-refractivity contribution < 1.29 is 13.2 Å². The largest absolute Gasteiger partial charge is 0.342 e. The van der Waals surface area contributed by atoms with Crippen LogP contribution in [0.5, 0.6) is 0 Å². The monoisotopic (exact) mass is 279 g/mol. The van der Waals surface area contributed by atoms with Gasteiger partial charge < -0.3 is 5.32 Å². The second-order valence-electron chi connectivity index (χ2n) is 3.12. The molecular weight excluding hydrogens is 270 g/mol. The first kappa shape index (κ1) is 11.5. The van der Waals surface area contributed by atoms with Gasteiger partial charge in [0.15, 0.2) is 0 Å². The first-order valence-electron chi connectivity index (χ1n) is 4.16. The number of carbonyl (C=O) groups is 1. The zero-order valence-corrected chi connectivity index (χ0v) is 9.82. The maximum Gasteiger partial charge on any atom is 0.296 e. The van der Waals surface area contributed by atoms with E-state index in [1.807, 2.05) is 0 Å². The van der Waals surface area contributed by atoms with Crippen molar-refractivity contribution in [1.82, 2.24) is 5.32 Å². The molecular formula is C8H10BrNO3S. The van der Waals surface area contributed by atoms with E-state index in [4.69, 9.17) is 0 Å². The highest BCUT2D eigenvalue weighted by molar-refractivity contribution is 9.12. The molecule has 1 fully saturated rings. The molecule has 0 unspecified atom stereocenters. The van der Waals surface area contributed by atoms with E-state index in [1.54, 1.807) is 0 Å². The van der Waals surface area contributed by atoms with Crippen LogP contribution in [0.15, 0.2) is 0 Å². The number of amides is 1. The minimum Gasteiger partial charge on any atom is -0.342 e. The summed E-state index contributed by atoms with van der Waals surface area (Å²) < 4.78 is 22.1. The van der Waals surface area contributed by atoms with E-state index >= 15 is 0 Å². The Morgan fingerprint density at radius 3 is 2.43 bits per heavy atom. The maximum absolute atomic E-state index is 11.1. The van der Waals surface area contributed by atoms with Gasteiger partial charge in [0.25, 0.3) is 5.91 Å². The van der Waals surface area contributed by atoms with Crippen molar-refractivity contribution in [3.8, 4) is 10.8 Å². The molecule has 1 aliphatic heterocycles. The zero-order valence-electron chi connectivity index (χ0n) is 7.42. The molecule has 0 atom stereocenters. The molecule has 1 amide bonds. The van der Waals surface area contributed by atoms with Crippen molar-refractivity contribution in [1.29, 1.82) is 0 Å². The fourth-order valence-electron chi connectivity index (χ4n) is 1.30. The molecule has 4 nitrogen and oxygen atoms in total. The van der Waals surface area contributed by atoms with Gasteiger partial charge in [-0.3, -0.25) is 4.79 Å². The third kappa shape index (κ3) is 3.68. The molecule has 78 valence electrons. The van der Waals surface area contributed by atoms with Gasteiger partial charge in [0.05, 0.1) is 11.5 Å². The van der Waals surface area contributed by atoms with Gasteiger partial charge in [-0.25, -0.2) is 8.42 Å². The van der Waals surface area contributed by atoms with Crippen LogP contribution in [0.3, 0.4) is 0 Å². The first-order valence-corrected chi connectivity index (χ1v) is 6.77. The molecule has 0 bridgehead atoms. The molecule has 0 aromatic heterocycles. The minimum atomic E-state index is -2.86. The van der Waals surface area contributed by atoms with Crippen molar-refractivity contribution in [2.24, 2.45) is 0 Å². The Morgan fingerprint density at radius 1 is 1.36 bits per heavy atom. The summed E-state index contributed by atoms with van der Waals surface area (Å²) in [6, 6.07) is -0.0561. The molecule has 0 radical (unpaired) electrons. The molecule has 1 N–H and O–H groups in total. The molecule has 6 heteroatoms. The number of nitrogens with one attached hydrogen (secondary N) is 1. The van der Waals surface area contributed by atoms with Crippen molar-refractivity contribution in [3.05, 3.63) is 0 Å². The number of rotatable bonds is 1. The van der Waals surface area contributed by atoms with Crippen molar-refractivity contribution >= 4 is 31.7 Å². The van der Waals surface area contributed by atoms with Gasteiger partial charge in [-0.15, -0.1) is 0 Å². The average molecular weight is 280 g/mol. The Kier molecular flexibility index (Phi) is 3.96. The van der Waals surface area contributed by atoms with Crippen LogP contribution in [-0.2, 0) is 14.6 Å². The van der Waals surface area contributed by atoms with Crippen LogP contribution < -0.4 is 5.32 Å². The van der Waals surface area contributed by atoms with E-state index in [2.05, 4.69) is 32.0 Å². The SMILES string of the molecule is O=C(C#CBr)NC1CCS(=O)(=O)CC1. The smallest absolute Gasteiger partial charge is 0.296 e. The van der Waals surface area contributed by atoms with Crippen LogP contribution in [0.25, 0.3) is 0 Å². The van der Waals surface area contributed by atoms with Crippen molar-refractivity contribution in [2.45, 2.75) is 18.9 Å². The summed E-state index contributed by atoms with van der Waals surface area (Å²) in [7, 11) is -2.86. The fraction of sp³-hybridized carbons (Fsp3) is 0.625. The van der Waals surface area contributed by atoms with E-state index in [1.165, 1.54) is 0 Å². The summed E-state index contributed by atoms with van der Waals surface area (Å²) >= 11 is 2.82. The third-order valence-corrected chi connectivity index (χ3v) is 3.96. The summed E-state index contributed by atoms with van der Waals surface area (Å²) in [6.07, 6.45) is 0.968. The molecule has 14 heavy (non-hydrogen) atoms. The van der Waals surface area contributed by atoms with Crippen LogP contribution in [0.2, 0.25) is 0 Å². The Hall–Kier alpha value is -0.540. The number of sulfone groups is 1. The predicted octanol–water partition coefficient (Wildman–Crippen LogP) is 0.0356. The molecule has 1 saturated heterocycles. The maximum atomic E-state index is 11.1. The molecule has 1 aliphatic rings. The van der Waals surface area contributed by atoms with Crippen LogP contribution in [0, 0.1) is 10.8 Å². The number of halogens is 1. The predicted molar refractivity (Wildman–Crippen MR) is 56.5 cm³/mol. The van der Waals surface area contributed by atoms with Crippen molar-refractivity contribution in [3.63, 3.8) is 0 Å². The summed E-state index contributed by atoms with van der Waals surface area (Å²) in [5.41, 5.74) is 0. The molecule has 0 aromatic carbocycles. The number of hydrogen-bond acceptors (Lipinski definition) is 3.